The molecule has 2 saturated carbocycles. The van der Waals surface area contributed by atoms with E-state index in [4.69, 9.17) is 16.6 Å². The van der Waals surface area contributed by atoms with Gasteiger partial charge < -0.3 is 20.6 Å². The van der Waals surface area contributed by atoms with Crippen LogP contribution in [0.3, 0.4) is 0 Å². The summed E-state index contributed by atoms with van der Waals surface area (Å²) >= 11 is 7.94. The van der Waals surface area contributed by atoms with E-state index in [1.54, 1.807) is 16.4 Å². The fraction of sp³-hybridized carbons (Fsp3) is 0.545. The van der Waals surface area contributed by atoms with E-state index in [9.17, 15) is 15.3 Å². The lowest BCUT2D eigenvalue weighted by Gasteiger charge is -2.17. The molecule has 0 bridgehead atoms. The molecule has 1 aromatic carbocycles. The van der Waals surface area contributed by atoms with Crippen molar-refractivity contribution >= 4 is 40.3 Å². The Morgan fingerprint density at radius 2 is 2.00 bits per heavy atom. The van der Waals surface area contributed by atoms with Crippen LogP contribution >= 0.6 is 23.4 Å². The van der Waals surface area contributed by atoms with E-state index in [1.807, 2.05) is 24.3 Å². The molecular formula is C22H27ClN6O3S. The molecule has 6 atom stereocenters. The molecule has 0 amide bonds. The second-order valence-corrected chi connectivity index (χ2v) is 10.2. The second kappa shape index (κ2) is 9.34. The maximum absolute atomic E-state index is 10.6. The molecule has 11 heteroatoms. The first-order valence-corrected chi connectivity index (χ1v) is 12.6. The Labute approximate surface area is 200 Å². The van der Waals surface area contributed by atoms with Gasteiger partial charge in [0.05, 0.1) is 12.1 Å². The Kier molecular flexibility index (Phi) is 6.45. The van der Waals surface area contributed by atoms with Crippen LogP contribution in [0.2, 0.25) is 5.02 Å². The molecule has 2 aromatic heterocycles. The van der Waals surface area contributed by atoms with E-state index in [-0.39, 0.29) is 12.6 Å². The number of rotatable bonds is 8. The van der Waals surface area contributed by atoms with E-state index in [0.29, 0.717) is 34.5 Å². The number of benzene rings is 1. The van der Waals surface area contributed by atoms with Crippen molar-refractivity contribution in [2.24, 2.45) is 5.92 Å². The smallest absolute Gasteiger partial charge is 0.191 e. The largest absolute Gasteiger partial charge is 0.396 e. The van der Waals surface area contributed by atoms with Crippen LogP contribution in [0.15, 0.2) is 29.4 Å². The normalized spacial score (nSPS) is 29.0. The molecule has 0 radical (unpaired) electrons. The number of halogens is 1. The fourth-order valence-corrected chi connectivity index (χ4v) is 5.53. The molecular weight excluding hydrogens is 464 g/mol. The first-order valence-electron chi connectivity index (χ1n) is 11.3. The number of aromatic nitrogens is 5. The van der Waals surface area contributed by atoms with Gasteiger partial charge in [0.25, 0.3) is 0 Å². The maximum Gasteiger partial charge on any atom is 0.191 e. The summed E-state index contributed by atoms with van der Waals surface area (Å²) in [5.41, 5.74) is 2.15. The van der Waals surface area contributed by atoms with Gasteiger partial charge >= 0.3 is 0 Å². The van der Waals surface area contributed by atoms with Crippen LogP contribution in [0, 0.1) is 5.92 Å². The van der Waals surface area contributed by atoms with Crippen molar-refractivity contribution in [3.8, 4) is 0 Å². The summed E-state index contributed by atoms with van der Waals surface area (Å²) in [6.45, 7) is 1.89. The van der Waals surface area contributed by atoms with Crippen molar-refractivity contribution in [1.82, 2.24) is 25.0 Å². The quantitative estimate of drug-likeness (QED) is 0.278. The highest BCUT2D eigenvalue weighted by Crippen LogP contribution is 2.46. The molecule has 0 saturated heterocycles. The monoisotopic (exact) mass is 490 g/mol. The van der Waals surface area contributed by atoms with Crippen molar-refractivity contribution in [3.63, 3.8) is 0 Å². The topological polar surface area (TPSA) is 129 Å². The molecule has 3 aromatic rings. The number of hydrogen-bond acceptors (Lipinski definition) is 9. The van der Waals surface area contributed by atoms with E-state index in [2.05, 4.69) is 27.5 Å². The minimum atomic E-state index is -1.06. The zero-order chi connectivity index (χ0) is 23.1. The first-order chi connectivity index (χ1) is 16.0. The van der Waals surface area contributed by atoms with E-state index < -0.39 is 24.2 Å². The van der Waals surface area contributed by atoms with Gasteiger partial charge in [-0.05, 0) is 30.9 Å². The first kappa shape index (κ1) is 22.8. The van der Waals surface area contributed by atoms with Crippen LogP contribution in [0.5, 0.6) is 0 Å². The fourth-order valence-electron chi connectivity index (χ4n) is 4.56. The summed E-state index contributed by atoms with van der Waals surface area (Å²) in [4.78, 5) is 9.39. The highest BCUT2D eigenvalue weighted by Gasteiger charge is 2.44. The number of nitrogens with zero attached hydrogens (tertiary/aromatic N) is 5. The molecule has 2 aliphatic carbocycles. The summed E-state index contributed by atoms with van der Waals surface area (Å²) in [5.74, 6) is 1.36. The maximum atomic E-state index is 10.6. The van der Waals surface area contributed by atoms with Gasteiger partial charge in [0, 0.05) is 35.3 Å². The van der Waals surface area contributed by atoms with Crippen LogP contribution in [0.4, 0.5) is 5.82 Å². The third kappa shape index (κ3) is 4.30. The van der Waals surface area contributed by atoms with Crippen LogP contribution in [0.1, 0.15) is 43.7 Å². The minimum Gasteiger partial charge on any atom is -0.396 e. The average Bonchev–Trinajstić information content (AvgIpc) is 3.34. The third-order valence-electron chi connectivity index (χ3n) is 6.48. The highest BCUT2D eigenvalue weighted by molar-refractivity contribution is 7.99. The lowest BCUT2D eigenvalue weighted by Crippen LogP contribution is -2.30. The van der Waals surface area contributed by atoms with Gasteiger partial charge in [0.1, 0.15) is 6.10 Å². The van der Waals surface area contributed by atoms with Crippen molar-refractivity contribution in [2.75, 3.05) is 17.7 Å². The van der Waals surface area contributed by atoms with Gasteiger partial charge in [-0.2, -0.15) is 0 Å². The number of nitrogens with one attached hydrogen (secondary N) is 1. The summed E-state index contributed by atoms with van der Waals surface area (Å²) < 4.78 is 1.57. The number of fused-ring (bicyclic) bond motifs is 1. The number of hydrogen-bond donors (Lipinski definition) is 4. The number of aliphatic hydroxyl groups excluding tert-OH is 3. The molecule has 33 heavy (non-hydrogen) atoms. The van der Waals surface area contributed by atoms with Crippen LogP contribution in [0.25, 0.3) is 11.2 Å². The van der Waals surface area contributed by atoms with Crippen LogP contribution in [-0.4, -0.2) is 70.9 Å². The summed E-state index contributed by atoms with van der Waals surface area (Å²) in [6.07, 6.45) is 0.231. The predicted octanol–water partition coefficient (Wildman–Crippen LogP) is 2.62. The molecule has 4 N–H and O–H groups in total. The molecule has 5 rings (SSSR count). The Morgan fingerprint density at radius 1 is 1.18 bits per heavy atom. The average molecular weight is 491 g/mol. The standard InChI is InChI=1S/C22H27ClN6O3S/c1-2-7-33-22-25-20(24-15-9-13(15)12-5-3-4-6-14(12)23)17-21(26-22)29(28-27-17)16-8-11(10-30)18(31)19(16)32/h3-6,11,13,15-16,18-19,30-32H,2,7-10H2,1H3,(H,24,25,26)/t11-,13?,15?,16-,18-,19+/m0/s1. The number of thioether (sulfide) groups is 1. The van der Waals surface area contributed by atoms with Crippen molar-refractivity contribution in [3.05, 3.63) is 34.9 Å². The van der Waals surface area contributed by atoms with E-state index in [0.717, 1.165) is 29.2 Å². The van der Waals surface area contributed by atoms with Gasteiger partial charge in [0.2, 0.25) is 0 Å². The number of anilines is 1. The molecule has 0 spiro atoms. The lowest BCUT2D eigenvalue weighted by molar-refractivity contribution is -0.00512. The van der Waals surface area contributed by atoms with Crippen molar-refractivity contribution in [1.29, 1.82) is 0 Å². The van der Waals surface area contributed by atoms with E-state index in [1.165, 1.54) is 0 Å². The van der Waals surface area contributed by atoms with Crippen molar-refractivity contribution in [2.45, 2.75) is 61.6 Å². The molecule has 2 fully saturated rings. The summed E-state index contributed by atoms with van der Waals surface area (Å²) in [7, 11) is 0. The summed E-state index contributed by atoms with van der Waals surface area (Å²) in [6, 6.07) is 7.52. The second-order valence-electron chi connectivity index (χ2n) is 8.75. The molecule has 2 aliphatic rings. The van der Waals surface area contributed by atoms with Gasteiger partial charge in [-0.25, -0.2) is 14.6 Å². The zero-order valence-corrected chi connectivity index (χ0v) is 19.7. The predicted molar refractivity (Wildman–Crippen MR) is 127 cm³/mol. The molecule has 2 heterocycles. The van der Waals surface area contributed by atoms with Gasteiger partial charge in [0.15, 0.2) is 22.1 Å². The number of aliphatic hydroxyl groups is 3. The Morgan fingerprint density at radius 3 is 2.73 bits per heavy atom. The Balaban J connectivity index is 1.47. The van der Waals surface area contributed by atoms with Gasteiger partial charge in [-0.1, -0.05) is 53.7 Å². The molecule has 176 valence electrons. The third-order valence-corrected chi connectivity index (χ3v) is 7.87. The summed E-state index contributed by atoms with van der Waals surface area (Å²) in [5, 5.41) is 43.9. The van der Waals surface area contributed by atoms with Gasteiger partial charge in [-0.3, -0.25) is 0 Å². The Hall–Kier alpha value is -1.98. The SMILES string of the molecule is CCCSc1nc(NC2CC2c2ccccc2Cl)c2nnn([C@H]3C[C@@H](CO)[C@H](O)[C@@H]3O)c2n1. The van der Waals surface area contributed by atoms with Crippen molar-refractivity contribution < 1.29 is 15.3 Å². The van der Waals surface area contributed by atoms with Crippen LogP contribution in [-0.2, 0) is 0 Å². The Bertz CT molecular complexity index is 1150. The minimum absolute atomic E-state index is 0.176. The van der Waals surface area contributed by atoms with Gasteiger partial charge in [-0.15, -0.1) is 5.10 Å². The molecule has 0 aliphatic heterocycles. The molecule has 2 unspecified atom stereocenters. The molecule has 9 nitrogen and oxygen atoms in total. The highest BCUT2D eigenvalue weighted by atomic mass is 35.5. The lowest BCUT2D eigenvalue weighted by atomic mass is 10.1. The van der Waals surface area contributed by atoms with E-state index >= 15 is 0 Å². The zero-order valence-electron chi connectivity index (χ0n) is 18.2. The van der Waals surface area contributed by atoms with Crippen LogP contribution < -0.4 is 5.32 Å².